The summed E-state index contributed by atoms with van der Waals surface area (Å²) >= 11 is 3.88. The summed E-state index contributed by atoms with van der Waals surface area (Å²) in [4.78, 5) is 38.5. The van der Waals surface area contributed by atoms with E-state index >= 15 is 0 Å². The average molecular weight is 364 g/mol. The summed E-state index contributed by atoms with van der Waals surface area (Å²) in [6, 6.07) is 5.50. The highest BCUT2D eigenvalue weighted by Crippen LogP contribution is 2.32. The second-order valence-corrected chi connectivity index (χ2v) is 7.37. The second-order valence-electron chi connectivity index (χ2n) is 4.62. The number of rotatable bonds is 5. The third kappa shape index (κ3) is 3.72. The Morgan fingerprint density at radius 2 is 2.13 bits per heavy atom. The maximum Gasteiger partial charge on any atom is 0.293 e. The van der Waals surface area contributed by atoms with Gasteiger partial charge >= 0.3 is 0 Å². The SMILES string of the molecule is O=C(NCCN1C(=O)SC(=Cc2cccs2)C1=O)c1ccsc1. The fourth-order valence-corrected chi connectivity index (χ4v) is 4.20. The predicted octanol–water partition coefficient (Wildman–Crippen LogP) is 3.28. The van der Waals surface area contributed by atoms with E-state index in [4.69, 9.17) is 0 Å². The van der Waals surface area contributed by atoms with Gasteiger partial charge in [-0.25, -0.2) is 0 Å². The van der Waals surface area contributed by atoms with Gasteiger partial charge in [0, 0.05) is 28.9 Å². The molecule has 1 saturated heterocycles. The van der Waals surface area contributed by atoms with Crippen LogP contribution in [0.2, 0.25) is 0 Å². The molecule has 1 N–H and O–H groups in total. The van der Waals surface area contributed by atoms with Crippen molar-refractivity contribution in [2.45, 2.75) is 0 Å². The molecular formula is C15H12N2O3S3. The fraction of sp³-hybridized carbons (Fsp3) is 0.133. The van der Waals surface area contributed by atoms with Gasteiger partial charge in [0.15, 0.2) is 0 Å². The Morgan fingerprint density at radius 1 is 1.26 bits per heavy atom. The monoisotopic (exact) mass is 364 g/mol. The first-order valence-electron chi connectivity index (χ1n) is 6.74. The van der Waals surface area contributed by atoms with Gasteiger partial charge in [0.05, 0.1) is 4.91 Å². The maximum absolute atomic E-state index is 12.3. The molecular weight excluding hydrogens is 352 g/mol. The summed E-state index contributed by atoms with van der Waals surface area (Å²) in [5.74, 6) is -0.509. The number of hydrogen-bond donors (Lipinski definition) is 1. The molecule has 0 atom stereocenters. The zero-order valence-electron chi connectivity index (χ0n) is 11.9. The van der Waals surface area contributed by atoms with Gasteiger partial charge in [-0.1, -0.05) is 6.07 Å². The van der Waals surface area contributed by atoms with E-state index in [9.17, 15) is 14.4 Å². The highest BCUT2D eigenvalue weighted by atomic mass is 32.2. The van der Waals surface area contributed by atoms with Crippen LogP contribution in [0.4, 0.5) is 4.79 Å². The number of carbonyl (C=O) groups excluding carboxylic acids is 3. The van der Waals surface area contributed by atoms with E-state index in [1.807, 2.05) is 22.9 Å². The van der Waals surface area contributed by atoms with Crippen molar-refractivity contribution in [2.24, 2.45) is 0 Å². The van der Waals surface area contributed by atoms with Gasteiger partial charge in [0.2, 0.25) is 0 Å². The van der Waals surface area contributed by atoms with E-state index < -0.39 is 0 Å². The van der Waals surface area contributed by atoms with Gasteiger partial charge in [0.25, 0.3) is 17.1 Å². The molecule has 118 valence electrons. The lowest BCUT2D eigenvalue weighted by atomic mass is 10.3. The summed E-state index contributed by atoms with van der Waals surface area (Å²) in [6.45, 7) is 0.404. The van der Waals surface area contributed by atoms with Gasteiger partial charge in [-0.3, -0.25) is 19.3 Å². The number of thioether (sulfide) groups is 1. The summed E-state index contributed by atoms with van der Waals surface area (Å²) < 4.78 is 0. The number of carbonyl (C=O) groups is 3. The number of nitrogens with zero attached hydrogens (tertiary/aromatic N) is 1. The van der Waals surface area contributed by atoms with Crippen molar-refractivity contribution in [3.63, 3.8) is 0 Å². The van der Waals surface area contributed by atoms with Gasteiger partial charge in [-0.05, 0) is 40.7 Å². The van der Waals surface area contributed by atoms with Crippen LogP contribution in [0.25, 0.3) is 6.08 Å². The van der Waals surface area contributed by atoms with E-state index in [0.29, 0.717) is 10.5 Å². The van der Waals surface area contributed by atoms with Gasteiger partial charge < -0.3 is 5.32 Å². The molecule has 2 aromatic rings. The van der Waals surface area contributed by atoms with E-state index in [0.717, 1.165) is 21.5 Å². The molecule has 0 spiro atoms. The van der Waals surface area contributed by atoms with Crippen LogP contribution in [0.15, 0.2) is 39.2 Å². The fourth-order valence-electron chi connectivity index (χ4n) is 1.97. The summed E-state index contributed by atoms with van der Waals surface area (Å²) in [7, 11) is 0. The lowest BCUT2D eigenvalue weighted by molar-refractivity contribution is -0.122. The van der Waals surface area contributed by atoms with E-state index in [-0.39, 0.29) is 30.1 Å². The largest absolute Gasteiger partial charge is 0.350 e. The molecule has 0 aromatic carbocycles. The summed E-state index contributed by atoms with van der Waals surface area (Å²) in [6.07, 6.45) is 1.72. The molecule has 0 radical (unpaired) electrons. The zero-order chi connectivity index (χ0) is 16.2. The first-order valence-corrected chi connectivity index (χ1v) is 9.38. The number of hydrogen-bond acceptors (Lipinski definition) is 6. The summed E-state index contributed by atoms with van der Waals surface area (Å²) in [5.41, 5.74) is 0.585. The maximum atomic E-state index is 12.3. The molecule has 5 nitrogen and oxygen atoms in total. The van der Waals surface area contributed by atoms with Crippen LogP contribution in [0.3, 0.4) is 0 Å². The predicted molar refractivity (Wildman–Crippen MR) is 93.6 cm³/mol. The normalized spacial score (nSPS) is 16.3. The third-order valence-corrected chi connectivity index (χ3v) is 5.50. The average Bonchev–Trinajstić information content (AvgIpc) is 3.26. The first-order chi connectivity index (χ1) is 11.1. The smallest absolute Gasteiger partial charge is 0.293 e. The molecule has 1 aliphatic rings. The van der Waals surface area contributed by atoms with Crippen molar-refractivity contribution >= 4 is 57.6 Å². The van der Waals surface area contributed by atoms with Gasteiger partial charge in [-0.15, -0.1) is 11.3 Å². The molecule has 0 bridgehead atoms. The van der Waals surface area contributed by atoms with Crippen molar-refractivity contribution < 1.29 is 14.4 Å². The number of imide groups is 1. The van der Waals surface area contributed by atoms with Crippen molar-refractivity contribution in [1.29, 1.82) is 0 Å². The molecule has 3 rings (SSSR count). The van der Waals surface area contributed by atoms with Crippen LogP contribution in [-0.2, 0) is 4.79 Å². The van der Waals surface area contributed by atoms with Crippen molar-refractivity contribution in [1.82, 2.24) is 10.2 Å². The van der Waals surface area contributed by atoms with Crippen LogP contribution in [0, 0.1) is 0 Å². The molecule has 3 amide bonds. The van der Waals surface area contributed by atoms with Crippen LogP contribution < -0.4 is 5.32 Å². The number of thiophene rings is 2. The van der Waals surface area contributed by atoms with Crippen LogP contribution in [0.5, 0.6) is 0 Å². The lowest BCUT2D eigenvalue weighted by Gasteiger charge is -2.12. The minimum absolute atomic E-state index is 0.169. The topological polar surface area (TPSA) is 66.5 Å². The standard InChI is InChI=1S/C15H12N2O3S3/c18-13(10-3-7-21-9-10)16-4-5-17-14(19)12(23-15(17)20)8-11-2-1-6-22-11/h1-3,6-9H,4-5H2,(H,16,18). The molecule has 1 fully saturated rings. The van der Waals surface area contributed by atoms with Crippen molar-refractivity contribution in [3.8, 4) is 0 Å². The Hall–Kier alpha value is -1.90. The second kappa shape index (κ2) is 7.12. The quantitative estimate of drug-likeness (QED) is 0.827. The van der Waals surface area contributed by atoms with Gasteiger partial charge in [-0.2, -0.15) is 11.3 Å². The zero-order valence-corrected chi connectivity index (χ0v) is 14.3. The molecule has 3 heterocycles. The van der Waals surface area contributed by atoms with E-state index in [1.54, 1.807) is 17.5 Å². The highest BCUT2D eigenvalue weighted by molar-refractivity contribution is 8.18. The Balaban J connectivity index is 1.57. The van der Waals surface area contributed by atoms with Crippen molar-refractivity contribution in [3.05, 3.63) is 49.7 Å². The Kier molecular flexibility index (Phi) is 4.94. The Bertz CT molecular complexity index is 751. The molecule has 8 heteroatoms. The first kappa shape index (κ1) is 16.0. The third-order valence-electron chi connectivity index (χ3n) is 3.09. The lowest BCUT2D eigenvalue weighted by Crippen LogP contribution is -2.37. The van der Waals surface area contributed by atoms with Gasteiger partial charge in [0.1, 0.15) is 0 Å². The molecule has 2 aromatic heterocycles. The Labute approximate surface area is 145 Å². The van der Waals surface area contributed by atoms with E-state index in [1.165, 1.54) is 22.7 Å². The van der Waals surface area contributed by atoms with E-state index in [2.05, 4.69) is 5.32 Å². The van der Waals surface area contributed by atoms with Crippen molar-refractivity contribution in [2.75, 3.05) is 13.1 Å². The molecule has 23 heavy (non-hydrogen) atoms. The molecule has 0 aliphatic carbocycles. The molecule has 0 unspecified atom stereocenters. The highest BCUT2D eigenvalue weighted by Gasteiger charge is 2.34. The van der Waals surface area contributed by atoms with Crippen LogP contribution in [0.1, 0.15) is 15.2 Å². The molecule has 1 aliphatic heterocycles. The number of nitrogens with one attached hydrogen (secondary N) is 1. The number of amides is 3. The van der Waals surface area contributed by atoms with Crippen LogP contribution >= 0.6 is 34.4 Å². The Morgan fingerprint density at radius 3 is 2.83 bits per heavy atom. The van der Waals surface area contributed by atoms with Crippen LogP contribution in [-0.4, -0.2) is 35.0 Å². The summed E-state index contributed by atoms with van der Waals surface area (Å²) in [5, 5.41) is 7.89. The minimum Gasteiger partial charge on any atom is -0.350 e. The minimum atomic E-state index is -0.307. The molecule has 0 saturated carbocycles.